The quantitative estimate of drug-likeness (QED) is 0.760. The Hall–Kier alpha value is -1.39. The molecule has 0 atom stereocenters. The summed E-state index contributed by atoms with van der Waals surface area (Å²) in [7, 11) is 2.00. The zero-order chi connectivity index (χ0) is 13.7. The van der Waals surface area contributed by atoms with Crippen LogP contribution in [0.4, 0.5) is 0 Å². The average molecular weight is 322 g/mol. The van der Waals surface area contributed by atoms with Gasteiger partial charge in [-0.25, -0.2) is 0 Å². The Morgan fingerprint density at radius 2 is 2.21 bits per heavy atom. The van der Waals surface area contributed by atoms with Crippen LogP contribution in [-0.4, -0.2) is 24.3 Å². The van der Waals surface area contributed by atoms with Crippen molar-refractivity contribution in [2.45, 2.75) is 13.0 Å². The molecule has 0 amide bonds. The third kappa shape index (κ3) is 4.33. The first-order valence-electron chi connectivity index (χ1n) is 6.13. The van der Waals surface area contributed by atoms with Crippen LogP contribution < -0.4 is 0 Å². The molecule has 19 heavy (non-hydrogen) atoms. The topological polar surface area (TPSA) is 33.5 Å². The van der Waals surface area contributed by atoms with E-state index in [1.807, 2.05) is 37.4 Å². The van der Waals surface area contributed by atoms with E-state index in [0.29, 0.717) is 6.42 Å². The van der Waals surface area contributed by atoms with E-state index in [-0.39, 0.29) is 5.78 Å². The molecule has 0 spiro atoms. The molecular formula is C15H16BrNO2. The van der Waals surface area contributed by atoms with Crippen LogP contribution >= 0.6 is 15.9 Å². The highest BCUT2D eigenvalue weighted by Crippen LogP contribution is 2.13. The van der Waals surface area contributed by atoms with Crippen molar-refractivity contribution in [2.75, 3.05) is 13.6 Å². The Bertz CT molecular complexity index is 537. The second-order valence-corrected chi connectivity index (χ2v) is 5.47. The zero-order valence-corrected chi connectivity index (χ0v) is 12.4. The number of Topliss-reactive ketones (excluding diaryl/α,β-unsaturated/α-hetero) is 1. The van der Waals surface area contributed by atoms with E-state index in [4.69, 9.17) is 4.42 Å². The molecule has 0 aliphatic rings. The van der Waals surface area contributed by atoms with E-state index in [2.05, 4.69) is 20.8 Å². The fourth-order valence-corrected chi connectivity index (χ4v) is 2.27. The van der Waals surface area contributed by atoms with Crippen LogP contribution in [0.15, 0.2) is 51.7 Å². The largest absolute Gasteiger partial charge is 0.472 e. The maximum Gasteiger partial charge on any atom is 0.164 e. The highest BCUT2D eigenvalue weighted by Gasteiger charge is 2.08. The van der Waals surface area contributed by atoms with Gasteiger partial charge in [-0.2, -0.15) is 0 Å². The first kappa shape index (κ1) is 14.0. The van der Waals surface area contributed by atoms with E-state index in [1.54, 1.807) is 12.5 Å². The first-order valence-corrected chi connectivity index (χ1v) is 6.93. The van der Waals surface area contributed by atoms with Crippen molar-refractivity contribution in [3.05, 3.63) is 58.5 Å². The van der Waals surface area contributed by atoms with Crippen LogP contribution in [0.1, 0.15) is 22.3 Å². The Balaban J connectivity index is 1.83. The van der Waals surface area contributed by atoms with Gasteiger partial charge in [0.25, 0.3) is 0 Å². The number of hydrogen-bond donors (Lipinski definition) is 0. The number of carbonyl (C=O) groups is 1. The minimum atomic E-state index is 0.167. The number of benzene rings is 1. The van der Waals surface area contributed by atoms with Crippen LogP contribution in [0.5, 0.6) is 0 Å². The van der Waals surface area contributed by atoms with Gasteiger partial charge in [0.05, 0.1) is 12.5 Å². The molecule has 100 valence electrons. The van der Waals surface area contributed by atoms with Crippen molar-refractivity contribution in [2.24, 2.45) is 0 Å². The van der Waals surface area contributed by atoms with Crippen LogP contribution in [-0.2, 0) is 6.54 Å². The molecule has 0 aliphatic heterocycles. The van der Waals surface area contributed by atoms with Gasteiger partial charge < -0.3 is 9.32 Å². The van der Waals surface area contributed by atoms with Gasteiger partial charge in [-0.15, -0.1) is 0 Å². The highest BCUT2D eigenvalue weighted by molar-refractivity contribution is 9.10. The lowest BCUT2D eigenvalue weighted by Crippen LogP contribution is -2.21. The highest BCUT2D eigenvalue weighted by atomic mass is 79.9. The minimum absolute atomic E-state index is 0.167. The summed E-state index contributed by atoms with van der Waals surface area (Å²) >= 11 is 3.38. The molecule has 0 radical (unpaired) electrons. The second-order valence-electron chi connectivity index (χ2n) is 4.55. The molecule has 0 unspecified atom stereocenters. The molecule has 4 heteroatoms. The van der Waals surface area contributed by atoms with Gasteiger partial charge in [0.1, 0.15) is 0 Å². The van der Waals surface area contributed by atoms with Crippen molar-refractivity contribution in [3.63, 3.8) is 0 Å². The van der Waals surface area contributed by atoms with Crippen molar-refractivity contribution in [1.82, 2.24) is 4.90 Å². The Morgan fingerprint density at radius 3 is 2.89 bits per heavy atom. The third-order valence-corrected chi connectivity index (χ3v) is 3.39. The van der Waals surface area contributed by atoms with E-state index in [0.717, 1.165) is 28.7 Å². The smallest absolute Gasteiger partial charge is 0.164 e. The summed E-state index contributed by atoms with van der Waals surface area (Å²) in [4.78, 5) is 14.1. The number of nitrogens with zero attached hydrogens (tertiary/aromatic N) is 1. The summed E-state index contributed by atoms with van der Waals surface area (Å²) in [6, 6.07) is 9.45. The fraction of sp³-hybridized carbons (Fsp3) is 0.267. The van der Waals surface area contributed by atoms with Gasteiger partial charge in [-0.1, -0.05) is 28.1 Å². The van der Waals surface area contributed by atoms with Gasteiger partial charge in [-0.3, -0.25) is 4.79 Å². The summed E-state index contributed by atoms with van der Waals surface area (Å²) in [6.07, 6.45) is 3.91. The molecular weight excluding hydrogens is 306 g/mol. The summed E-state index contributed by atoms with van der Waals surface area (Å²) in [5.74, 6) is 0.167. The van der Waals surface area contributed by atoms with Crippen LogP contribution in [0, 0.1) is 0 Å². The fourth-order valence-electron chi connectivity index (χ4n) is 1.87. The molecule has 0 fully saturated rings. The summed E-state index contributed by atoms with van der Waals surface area (Å²) in [5.41, 5.74) is 1.88. The standard InChI is InChI=1S/C15H16BrNO2/c1-17(10-12-6-8-19-11-12)7-5-15(18)13-3-2-4-14(16)9-13/h2-4,6,8-9,11H,5,7,10H2,1H3. The second kappa shape index (κ2) is 6.68. The number of carbonyl (C=O) groups excluding carboxylic acids is 1. The molecule has 0 saturated heterocycles. The maximum absolute atomic E-state index is 12.0. The molecule has 1 aromatic heterocycles. The van der Waals surface area contributed by atoms with Gasteiger partial charge in [0, 0.05) is 35.1 Å². The molecule has 1 heterocycles. The van der Waals surface area contributed by atoms with Crippen molar-refractivity contribution in [1.29, 1.82) is 0 Å². The maximum atomic E-state index is 12.0. The Labute approximate surface area is 121 Å². The number of rotatable bonds is 6. The molecule has 0 bridgehead atoms. The first-order chi connectivity index (χ1) is 9.15. The summed E-state index contributed by atoms with van der Waals surface area (Å²) in [5, 5.41) is 0. The van der Waals surface area contributed by atoms with Gasteiger partial charge >= 0.3 is 0 Å². The molecule has 0 saturated carbocycles. The van der Waals surface area contributed by atoms with E-state index >= 15 is 0 Å². The number of furan rings is 1. The predicted octanol–water partition coefficient (Wildman–Crippen LogP) is 3.75. The monoisotopic (exact) mass is 321 g/mol. The Morgan fingerprint density at radius 1 is 1.37 bits per heavy atom. The van der Waals surface area contributed by atoms with Crippen molar-refractivity contribution in [3.8, 4) is 0 Å². The minimum Gasteiger partial charge on any atom is -0.472 e. The Kier molecular flexibility index (Phi) is 4.93. The van der Waals surface area contributed by atoms with Crippen LogP contribution in [0.2, 0.25) is 0 Å². The average Bonchev–Trinajstić information content (AvgIpc) is 2.88. The summed E-state index contributed by atoms with van der Waals surface area (Å²) < 4.78 is 5.96. The zero-order valence-electron chi connectivity index (χ0n) is 10.8. The van der Waals surface area contributed by atoms with Gasteiger partial charge in [0.15, 0.2) is 5.78 Å². The third-order valence-electron chi connectivity index (χ3n) is 2.90. The predicted molar refractivity (Wildman–Crippen MR) is 78.1 cm³/mol. The van der Waals surface area contributed by atoms with Gasteiger partial charge in [-0.05, 0) is 25.2 Å². The molecule has 2 rings (SSSR count). The van der Waals surface area contributed by atoms with Crippen LogP contribution in [0.3, 0.4) is 0 Å². The number of ketones is 1. The van der Waals surface area contributed by atoms with E-state index < -0.39 is 0 Å². The molecule has 1 aromatic carbocycles. The van der Waals surface area contributed by atoms with Gasteiger partial charge in [0.2, 0.25) is 0 Å². The van der Waals surface area contributed by atoms with Crippen LogP contribution in [0.25, 0.3) is 0 Å². The summed E-state index contributed by atoms with van der Waals surface area (Å²) in [6.45, 7) is 1.53. The van der Waals surface area contributed by atoms with Crippen molar-refractivity contribution < 1.29 is 9.21 Å². The lowest BCUT2D eigenvalue weighted by atomic mass is 10.1. The SMILES string of the molecule is CN(CCC(=O)c1cccc(Br)c1)Cc1ccoc1. The molecule has 2 aromatic rings. The molecule has 3 nitrogen and oxygen atoms in total. The van der Waals surface area contributed by atoms with E-state index in [1.165, 1.54) is 0 Å². The van der Waals surface area contributed by atoms with E-state index in [9.17, 15) is 4.79 Å². The lowest BCUT2D eigenvalue weighted by Gasteiger charge is -2.14. The number of halogens is 1. The van der Waals surface area contributed by atoms with Crippen molar-refractivity contribution >= 4 is 21.7 Å². The molecule has 0 aliphatic carbocycles. The lowest BCUT2D eigenvalue weighted by molar-refractivity contribution is 0.0968. The number of hydrogen-bond acceptors (Lipinski definition) is 3. The normalized spacial score (nSPS) is 10.9. The molecule has 0 N–H and O–H groups in total.